The molecule has 0 aliphatic heterocycles. The molecular weight excluding hydrogens is 252 g/mol. The molecule has 0 saturated carbocycles. The Morgan fingerprint density at radius 3 is 2.33 bits per heavy atom. The second-order valence-corrected chi connectivity index (χ2v) is 5.10. The SMILES string of the molecule is CNC(C)Cc1noc([C@@H](C(C)C)N(C)C)n1.Cl. The summed E-state index contributed by atoms with van der Waals surface area (Å²) in [5.41, 5.74) is 0. The first-order valence-corrected chi connectivity index (χ1v) is 6.11. The third kappa shape index (κ3) is 4.55. The molecule has 18 heavy (non-hydrogen) atoms. The summed E-state index contributed by atoms with van der Waals surface area (Å²) >= 11 is 0. The lowest BCUT2D eigenvalue weighted by Crippen LogP contribution is -2.25. The molecule has 0 aromatic carbocycles. The van der Waals surface area contributed by atoms with Crippen LogP contribution < -0.4 is 5.32 Å². The minimum atomic E-state index is 0. The summed E-state index contributed by atoms with van der Waals surface area (Å²) in [6.07, 6.45) is 0.790. The van der Waals surface area contributed by atoms with E-state index in [-0.39, 0.29) is 18.4 Å². The molecule has 1 aromatic heterocycles. The lowest BCUT2D eigenvalue weighted by Gasteiger charge is -2.23. The van der Waals surface area contributed by atoms with Gasteiger partial charge in [0.15, 0.2) is 5.82 Å². The van der Waals surface area contributed by atoms with Gasteiger partial charge in [-0.15, -0.1) is 12.4 Å². The van der Waals surface area contributed by atoms with Gasteiger partial charge in [-0.1, -0.05) is 19.0 Å². The van der Waals surface area contributed by atoms with E-state index in [2.05, 4.69) is 41.1 Å². The molecule has 2 atom stereocenters. The van der Waals surface area contributed by atoms with Crippen LogP contribution in [0, 0.1) is 5.92 Å². The largest absolute Gasteiger partial charge is 0.338 e. The fourth-order valence-electron chi connectivity index (χ4n) is 1.95. The smallest absolute Gasteiger partial charge is 0.244 e. The zero-order chi connectivity index (χ0) is 13.0. The first-order chi connectivity index (χ1) is 7.95. The number of nitrogens with zero attached hydrogens (tertiary/aromatic N) is 3. The number of hydrogen-bond donors (Lipinski definition) is 1. The number of rotatable bonds is 6. The van der Waals surface area contributed by atoms with E-state index < -0.39 is 0 Å². The van der Waals surface area contributed by atoms with Crippen LogP contribution in [-0.4, -0.2) is 42.2 Å². The molecule has 6 heteroatoms. The highest BCUT2D eigenvalue weighted by Crippen LogP contribution is 2.24. The Morgan fingerprint density at radius 1 is 1.28 bits per heavy atom. The molecule has 0 aliphatic rings. The number of aromatic nitrogens is 2. The fraction of sp³-hybridized carbons (Fsp3) is 0.833. The van der Waals surface area contributed by atoms with Gasteiger partial charge < -0.3 is 9.84 Å². The van der Waals surface area contributed by atoms with E-state index in [9.17, 15) is 0 Å². The normalized spacial score (nSPS) is 14.7. The second-order valence-electron chi connectivity index (χ2n) is 5.10. The fourth-order valence-corrected chi connectivity index (χ4v) is 1.95. The highest BCUT2D eigenvalue weighted by atomic mass is 35.5. The summed E-state index contributed by atoms with van der Waals surface area (Å²) in [5.74, 6) is 1.93. The van der Waals surface area contributed by atoms with E-state index in [1.165, 1.54) is 0 Å². The third-order valence-electron chi connectivity index (χ3n) is 2.91. The molecule has 1 rings (SSSR count). The van der Waals surface area contributed by atoms with Crippen LogP contribution in [0.15, 0.2) is 4.52 Å². The van der Waals surface area contributed by atoms with Crippen molar-refractivity contribution in [3.8, 4) is 0 Å². The molecule has 0 bridgehead atoms. The number of halogens is 1. The highest BCUT2D eigenvalue weighted by molar-refractivity contribution is 5.85. The molecular formula is C12H25ClN4O. The minimum absolute atomic E-state index is 0. The molecule has 1 unspecified atom stereocenters. The van der Waals surface area contributed by atoms with Crippen molar-refractivity contribution in [1.29, 1.82) is 0 Å². The van der Waals surface area contributed by atoms with Crippen molar-refractivity contribution in [3.05, 3.63) is 11.7 Å². The van der Waals surface area contributed by atoms with E-state index in [1.807, 2.05) is 21.1 Å². The maximum Gasteiger partial charge on any atom is 0.244 e. The van der Waals surface area contributed by atoms with Crippen LogP contribution in [0.25, 0.3) is 0 Å². The third-order valence-corrected chi connectivity index (χ3v) is 2.91. The van der Waals surface area contributed by atoms with Gasteiger partial charge in [-0.05, 0) is 34.0 Å². The van der Waals surface area contributed by atoms with Crippen LogP contribution in [0.2, 0.25) is 0 Å². The van der Waals surface area contributed by atoms with Gasteiger partial charge >= 0.3 is 0 Å². The first kappa shape index (κ1) is 17.4. The van der Waals surface area contributed by atoms with Crippen LogP contribution >= 0.6 is 12.4 Å². The van der Waals surface area contributed by atoms with Crippen LogP contribution in [0.5, 0.6) is 0 Å². The molecule has 0 radical (unpaired) electrons. The average molecular weight is 277 g/mol. The molecule has 106 valence electrons. The van der Waals surface area contributed by atoms with Gasteiger partial charge in [0.05, 0.1) is 6.04 Å². The summed E-state index contributed by atoms with van der Waals surface area (Å²) in [5, 5.41) is 7.20. The molecule has 0 spiro atoms. The zero-order valence-electron chi connectivity index (χ0n) is 12.1. The van der Waals surface area contributed by atoms with Gasteiger partial charge in [-0.25, -0.2) is 0 Å². The summed E-state index contributed by atoms with van der Waals surface area (Å²) < 4.78 is 5.36. The maximum absolute atomic E-state index is 5.36. The van der Waals surface area contributed by atoms with Gasteiger partial charge in [0.2, 0.25) is 5.89 Å². The molecule has 1 N–H and O–H groups in total. The van der Waals surface area contributed by atoms with E-state index in [4.69, 9.17) is 4.52 Å². The lowest BCUT2D eigenvalue weighted by molar-refractivity contribution is 0.181. The average Bonchev–Trinajstić information content (AvgIpc) is 2.64. The molecule has 1 aromatic rings. The molecule has 5 nitrogen and oxygen atoms in total. The lowest BCUT2D eigenvalue weighted by atomic mass is 10.0. The predicted octanol–water partition coefficient (Wildman–Crippen LogP) is 1.90. The van der Waals surface area contributed by atoms with Crippen molar-refractivity contribution in [2.45, 2.75) is 39.3 Å². The Morgan fingerprint density at radius 2 is 1.89 bits per heavy atom. The topological polar surface area (TPSA) is 54.2 Å². The van der Waals surface area contributed by atoms with Crippen molar-refractivity contribution in [2.24, 2.45) is 5.92 Å². The monoisotopic (exact) mass is 276 g/mol. The Balaban J connectivity index is 0.00000289. The standard InChI is InChI=1S/C12H24N4O.ClH/c1-8(2)11(16(5)6)12-14-10(15-17-12)7-9(3)13-4;/h8-9,11,13H,7H2,1-6H3;1H/t9?,11-;/m1./s1. The molecule has 1 heterocycles. The van der Waals surface area contributed by atoms with Crippen molar-refractivity contribution in [2.75, 3.05) is 21.1 Å². The molecule has 0 saturated heterocycles. The van der Waals surface area contributed by atoms with Crippen LogP contribution in [0.4, 0.5) is 0 Å². The summed E-state index contributed by atoms with van der Waals surface area (Å²) in [6, 6.07) is 0.540. The van der Waals surface area contributed by atoms with Crippen molar-refractivity contribution in [1.82, 2.24) is 20.4 Å². The highest BCUT2D eigenvalue weighted by Gasteiger charge is 2.24. The van der Waals surface area contributed by atoms with Crippen molar-refractivity contribution < 1.29 is 4.52 Å². The number of nitrogens with one attached hydrogen (secondary N) is 1. The predicted molar refractivity (Wildman–Crippen MR) is 75.0 cm³/mol. The van der Waals surface area contributed by atoms with E-state index in [1.54, 1.807) is 0 Å². The summed E-state index contributed by atoms with van der Waals surface area (Å²) in [7, 11) is 6.00. The first-order valence-electron chi connectivity index (χ1n) is 6.11. The quantitative estimate of drug-likeness (QED) is 0.860. The van der Waals surface area contributed by atoms with Gasteiger partial charge in [0, 0.05) is 12.5 Å². The van der Waals surface area contributed by atoms with Crippen molar-refractivity contribution >= 4 is 12.4 Å². The van der Waals surface area contributed by atoms with E-state index >= 15 is 0 Å². The van der Waals surface area contributed by atoms with Gasteiger partial charge in [-0.2, -0.15) is 4.98 Å². The van der Waals surface area contributed by atoms with Gasteiger partial charge in [-0.3, -0.25) is 4.90 Å². The maximum atomic E-state index is 5.36. The van der Waals surface area contributed by atoms with Crippen molar-refractivity contribution in [3.63, 3.8) is 0 Å². The Hall–Kier alpha value is -0.650. The van der Waals surface area contributed by atoms with Gasteiger partial charge in [0.25, 0.3) is 0 Å². The molecule has 0 amide bonds. The summed E-state index contributed by atoms with van der Waals surface area (Å²) in [4.78, 5) is 6.60. The number of hydrogen-bond acceptors (Lipinski definition) is 5. The van der Waals surface area contributed by atoms with E-state index in [0.29, 0.717) is 17.9 Å². The zero-order valence-corrected chi connectivity index (χ0v) is 12.9. The van der Waals surface area contributed by atoms with Crippen LogP contribution in [0.1, 0.15) is 38.5 Å². The van der Waals surface area contributed by atoms with Crippen LogP contribution in [-0.2, 0) is 6.42 Å². The Labute approximate surface area is 116 Å². The minimum Gasteiger partial charge on any atom is -0.338 e. The van der Waals surface area contributed by atoms with Gasteiger partial charge in [0.1, 0.15) is 0 Å². The summed E-state index contributed by atoms with van der Waals surface area (Å²) in [6.45, 7) is 6.41. The molecule has 0 fully saturated rings. The Kier molecular flexibility index (Phi) is 7.43. The van der Waals surface area contributed by atoms with E-state index in [0.717, 1.165) is 12.2 Å². The Bertz CT molecular complexity index is 333. The second kappa shape index (κ2) is 7.71. The van der Waals surface area contributed by atoms with Crippen LogP contribution in [0.3, 0.4) is 0 Å². The number of likely N-dealkylation sites (N-methyl/N-ethyl adjacent to an activating group) is 1. The molecule has 0 aliphatic carbocycles.